The molecular weight excluding hydrogens is 309 g/mol. The number of nitrogen functional groups attached to an aromatic ring is 1. The first-order valence-corrected chi connectivity index (χ1v) is 7.37. The second-order valence-electron chi connectivity index (χ2n) is 4.94. The number of hydrogen-bond acceptors (Lipinski definition) is 3. The monoisotopic (exact) mass is 323 g/mol. The fourth-order valence-electron chi connectivity index (χ4n) is 2.49. The van der Waals surface area contributed by atoms with Crippen molar-refractivity contribution in [3.63, 3.8) is 0 Å². The Bertz CT molecular complexity index is 818. The number of imidazole rings is 1. The molecule has 21 heavy (non-hydrogen) atoms. The van der Waals surface area contributed by atoms with Gasteiger partial charge in [-0.1, -0.05) is 30.1 Å². The van der Waals surface area contributed by atoms with E-state index in [1.54, 1.807) is 12.1 Å². The molecule has 0 fully saturated rings. The third-order valence-electron chi connectivity index (χ3n) is 3.47. The fourth-order valence-corrected chi connectivity index (χ4v) is 2.80. The lowest BCUT2D eigenvalue weighted by Crippen LogP contribution is -2.05. The smallest absolute Gasteiger partial charge is 0.201 e. The summed E-state index contributed by atoms with van der Waals surface area (Å²) in [6.45, 7) is 2.69. The van der Waals surface area contributed by atoms with Gasteiger partial charge in [0.15, 0.2) is 0 Å². The largest absolute Gasteiger partial charge is 0.369 e. The van der Waals surface area contributed by atoms with E-state index in [0.29, 0.717) is 22.5 Å². The molecule has 0 saturated carbocycles. The summed E-state index contributed by atoms with van der Waals surface area (Å²) >= 11 is 12.1. The highest BCUT2D eigenvalue weighted by Gasteiger charge is 2.14. The van der Waals surface area contributed by atoms with Crippen LogP contribution in [0.4, 0.5) is 5.95 Å². The van der Waals surface area contributed by atoms with Crippen LogP contribution in [0.5, 0.6) is 0 Å². The predicted octanol–water partition coefficient (Wildman–Crippen LogP) is 3.27. The molecule has 0 aliphatic carbocycles. The Morgan fingerprint density at radius 1 is 1.24 bits per heavy atom. The second kappa shape index (κ2) is 5.24. The third kappa shape index (κ3) is 2.47. The van der Waals surface area contributed by atoms with Crippen molar-refractivity contribution in [2.45, 2.75) is 19.9 Å². The summed E-state index contributed by atoms with van der Waals surface area (Å²) in [7, 11) is 1.91. The van der Waals surface area contributed by atoms with E-state index < -0.39 is 0 Å². The Kier molecular flexibility index (Phi) is 3.55. The van der Waals surface area contributed by atoms with E-state index in [4.69, 9.17) is 28.9 Å². The molecule has 5 nitrogen and oxygen atoms in total. The van der Waals surface area contributed by atoms with Crippen molar-refractivity contribution in [2.75, 3.05) is 5.73 Å². The van der Waals surface area contributed by atoms with Crippen LogP contribution >= 0.6 is 23.2 Å². The first-order chi connectivity index (χ1) is 9.99. The minimum absolute atomic E-state index is 0.439. The normalized spacial score (nSPS) is 11.4. The second-order valence-corrected chi connectivity index (χ2v) is 5.75. The number of aryl methyl sites for hydroxylation is 2. The molecule has 0 atom stereocenters. The van der Waals surface area contributed by atoms with Crippen molar-refractivity contribution in [2.24, 2.45) is 7.05 Å². The van der Waals surface area contributed by atoms with Crippen LogP contribution in [0.2, 0.25) is 10.0 Å². The number of anilines is 1. The molecule has 0 bridgehead atoms. The minimum Gasteiger partial charge on any atom is -0.369 e. The summed E-state index contributed by atoms with van der Waals surface area (Å²) in [5.74, 6) is 0.439. The zero-order chi connectivity index (χ0) is 15.1. The maximum Gasteiger partial charge on any atom is 0.201 e. The first kappa shape index (κ1) is 14.2. The molecule has 0 aliphatic rings. The van der Waals surface area contributed by atoms with Crippen LogP contribution in [0.15, 0.2) is 18.3 Å². The maximum absolute atomic E-state index is 6.10. The highest BCUT2D eigenvalue weighted by atomic mass is 35.5. The van der Waals surface area contributed by atoms with E-state index in [-0.39, 0.29) is 0 Å². The van der Waals surface area contributed by atoms with E-state index in [1.165, 1.54) is 0 Å². The number of nitrogens with two attached hydrogens (primary N) is 1. The van der Waals surface area contributed by atoms with Gasteiger partial charge in [-0.2, -0.15) is 5.10 Å². The number of fused-ring (bicyclic) bond motifs is 1. The van der Waals surface area contributed by atoms with Crippen LogP contribution in [-0.4, -0.2) is 19.3 Å². The van der Waals surface area contributed by atoms with Crippen molar-refractivity contribution in [3.8, 4) is 0 Å². The molecule has 0 amide bonds. The van der Waals surface area contributed by atoms with Gasteiger partial charge >= 0.3 is 0 Å². The summed E-state index contributed by atoms with van der Waals surface area (Å²) in [6, 6.07) is 3.53. The van der Waals surface area contributed by atoms with E-state index in [1.807, 2.05) is 22.5 Å². The van der Waals surface area contributed by atoms with Crippen LogP contribution in [0.1, 0.15) is 18.2 Å². The standard InChI is InChI=1S/C14H15Cl2N5/c1-3-11-8(6-20(2)19-11)7-21-13-5-10(16)9(15)4-12(13)18-14(21)17/h4-6H,3,7H2,1-2H3,(H2,17,18). The number of nitrogens with zero attached hydrogens (tertiary/aromatic N) is 4. The Labute approximate surface area is 132 Å². The lowest BCUT2D eigenvalue weighted by molar-refractivity contribution is 0.746. The number of aromatic nitrogens is 4. The van der Waals surface area contributed by atoms with Gasteiger partial charge in [0, 0.05) is 18.8 Å². The van der Waals surface area contributed by atoms with Crippen molar-refractivity contribution < 1.29 is 0 Å². The molecule has 3 aromatic rings. The van der Waals surface area contributed by atoms with Crippen LogP contribution in [0, 0.1) is 0 Å². The number of hydrogen-bond donors (Lipinski definition) is 1. The Hall–Kier alpha value is -1.72. The zero-order valence-electron chi connectivity index (χ0n) is 11.8. The molecule has 3 rings (SSSR count). The Morgan fingerprint density at radius 3 is 2.67 bits per heavy atom. The summed E-state index contributed by atoms with van der Waals surface area (Å²) in [5, 5.41) is 5.42. The Balaban J connectivity index is 2.11. The average Bonchev–Trinajstić information content (AvgIpc) is 2.93. The van der Waals surface area contributed by atoms with Crippen LogP contribution in [0.25, 0.3) is 11.0 Å². The fraction of sp³-hybridized carbons (Fsp3) is 0.286. The number of halogens is 2. The minimum atomic E-state index is 0.439. The lowest BCUT2D eigenvalue weighted by Gasteiger charge is -2.06. The van der Waals surface area contributed by atoms with Gasteiger partial charge in [-0.25, -0.2) is 4.98 Å². The Morgan fingerprint density at radius 2 is 1.95 bits per heavy atom. The molecule has 0 unspecified atom stereocenters. The highest BCUT2D eigenvalue weighted by Crippen LogP contribution is 2.29. The van der Waals surface area contributed by atoms with Crippen LogP contribution in [0.3, 0.4) is 0 Å². The van der Waals surface area contributed by atoms with Gasteiger partial charge in [0.2, 0.25) is 5.95 Å². The molecule has 0 saturated heterocycles. The predicted molar refractivity (Wildman–Crippen MR) is 85.9 cm³/mol. The molecule has 0 radical (unpaired) electrons. The molecule has 1 aromatic carbocycles. The topological polar surface area (TPSA) is 61.7 Å². The number of rotatable bonds is 3. The molecule has 0 aliphatic heterocycles. The summed E-state index contributed by atoms with van der Waals surface area (Å²) in [4.78, 5) is 4.34. The summed E-state index contributed by atoms with van der Waals surface area (Å²) in [5.41, 5.74) is 9.82. The van der Waals surface area contributed by atoms with E-state index in [9.17, 15) is 0 Å². The van der Waals surface area contributed by atoms with E-state index in [2.05, 4.69) is 17.0 Å². The van der Waals surface area contributed by atoms with Gasteiger partial charge < -0.3 is 10.3 Å². The van der Waals surface area contributed by atoms with Gasteiger partial charge in [-0.3, -0.25) is 4.68 Å². The molecule has 110 valence electrons. The van der Waals surface area contributed by atoms with Gasteiger partial charge in [0.25, 0.3) is 0 Å². The molecule has 7 heteroatoms. The highest BCUT2D eigenvalue weighted by molar-refractivity contribution is 6.42. The van der Waals surface area contributed by atoms with Crippen LogP contribution in [-0.2, 0) is 20.0 Å². The number of benzene rings is 1. The van der Waals surface area contributed by atoms with E-state index in [0.717, 1.165) is 28.7 Å². The average molecular weight is 324 g/mol. The lowest BCUT2D eigenvalue weighted by atomic mass is 10.2. The van der Waals surface area contributed by atoms with Crippen molar-refractivity contribution >= 4 is 40.2 Å². The summed E-state index contributed by atoms with van der Waals surface area (Å²) < 4.78 is 3.74. The van der Waals surface area contributed by atoms with Crippen molar-refractivity contribution in [3.05, 3.63) is 39.6 Å². The van der Waals surface area contributed by atoms with Gasteiger partial charge in [0.1, 0.15) is 0 Å². The zero-order valence-corrected chi connectivity index (χ0v) is 13.3. The molecule has 2 aromatic heterocycles. The first-order valence-electron chi connectivity index (χ1n) is 6.61. The van der Waals surface area contributed by atoms with E-state index >= 15 is 0 Å². The molecule has 2 N–H and O–H groups in total. The van der Waals surface area contributed by atoms with Gasteiger partial charge in [0.05, 0.1) is 33.3 Å². The third-order valence-corrected chi connectivity index (χ3v) is 4.20. The van der Waals surface area contributed by atoms with Gasteiger partial charge in [-0.15, -0.1) is 0 Å². The van der Waals surface area contributed by atoms with Crippen LogP contribution < -0.4 is 5.73 Å². The SMILES string of the molecule is CCc1nn(C)cc1Cn1c(N)nc2cc(Cl)c(Cl)cc21. The molecule has 0 spiro atoms. The van der Waals surface area contributed by atoms with Crippen molar-refractivity contribution in [1.29, 1.82) is 0 Å². The summed E-state index contributed by atoms with van der Waals surface area (Å²) in [6.07, 6.45) is 2.87. The van der Waals surface area contributed by atoms with Gasteiger partial charge in [-0.05, 0) is 18.6 Å². The molecular formula is C14H15Cl2N5. The molecule has 2 heterocycles. The maximum atomic E-state index is 6.10. The van der Waals surface area contributed by atoms with Crippen molar-refractivity contribution in [1.82, 2.24) is 19.3 Å². The quantitative estimate of drug-likeness (QED) is 0.804.